The van der Waals surface area contributed by atoms with Gasteiger partial charge < -0.3 is 11.1 Å². The van der Waals surface area contributed by atoms with Crippen molar-refractivity contribution in [2.24, 2.45) is 0 Å². The molecule has 2 rings (SSSR count). The highest BCUT2D eigenvalue weighted by Crippen LogP contribution is 2.35. The lowest BCUT2D eigenvalue weighted by Crippen LogP contribution is -2.13. The minimum Gasteiger partial charge on any atom is -0.398 e. The number of benzene rings is 2. The Morgan fingerprint density at radius 1 is 1.05 bits per heavy atom. The maximum absolute atomic E-state index is 5.92. The highest BCUT2D eigenvalue weighted by molar-refractivity contribution is 9.10. The Labute approximate surface area is 129 Å². The fraction of sp³-hybridized carbons (Fsp3) is 0.294. The van der Waals surface area contributed by atoms with Crippen molar-refractivity contribution in [1.82, 2.24) is 0 Å². The lowest BCUT2D eigenvalue weighted by molar-refractivity contribution is 0.592. The lowest BCUT2D eigenvalue weighted by Gasteiger charge is -2.24. The average molecular weight is 333 g/mol. The number of nitrogens with two attached hydrogens (primary N) is 1. The van der Waals surface area contributed by atoms with E-state index < -0.39 is 0 Å². The van der Waals surface area contributed by atoms with E-state index in [1.165, 1.54) is 5.56 Å². The molecular weight excluding hydrogens is 312 g/mol. The van der Waals surface area contributed by atoms with Gasteiger partial charge >= 0.3 is 0 Å². The first-order valence-corrected chi connectivity index (χ1v) is 7.50. The minimum atomic E-state index is 0.0962. The zero-order valence-corrected chi connectivity index (χ0v) is 14.0. The molecule has 106 valence electrons. The third-order valence-corrected chi connectivity index (χ3v) is 4.02. The summed E-state index contributed by atoms with van der Waals surface area (Å²) in [5.74, 6) is 0. The number of para-hydroxylation sites is 1. The van der Waals surface area contributed by atoms with Crippen LogP contribution in [0.15, 0.2) is 40.9 Å². The summed E-state index contributed by atoms with van der Waals surface area (Å²) < 4.78 is 0.976. The number of aryl methyl sites for hydroxylation is 1. The number of rotatable bonds is 2. The Bertz CT molecular complexity index is 627. The van der Waals surface area contributed by atoms with Crippen LogP contribution in [0.2, 0.25) is 0 Å². The lowest BCUT2D eigenvalue weighted by atomic mass is 9.86. The third-order valence-electron chi connectivity index (χ3n) is 3.36. The summed E-state index contributed by atoms with van der Waals surface area (Å²) in [4.78, 5) is 0. The van der Waals surface area contributed by atoms with Crippen molar-refractivity contribution in [3.8, 4) is 0 Å². The van der Waals surface area contributed by atoms with Crippen LogP contribution in [0.1, 0.15) is 31.9 Å². The summed E-state index contributed by atoms with van der Waals surface area (Å²) in [5.41, 5.74) is 11.3. The van der Waals surface area contributed by atoms with E-state index in [-0.39, 0.29) is 5.41 Å². The van der Waals surface area contributed by atoms with Crippen LogP contribution in [0.3, 0.4) is 0 Å². The molecule has 0 fully saturated rings. The minimum absolute atomic E-state index is 0.0962. The zero-order valence-electron chi connectivity index (χ0n) is 12.4. The Kier molecular flexibility index (Phi) is 4.09. The van der Waals surface area contributed by atoms with E-state index in [1.807, 2.05) is 13.0 Å². The van der Waals surface area contributed by atoms with Crippen LogP contribution in [0.25, 0.3) is 0 Å². The van der Waals surface area contributed by atoms with E-state index in [1.54, 1.807) is 0 Å². The average Bonchev–Trinajstić information content (AvgIpc) is 2.35. The van der Waals surface area contributed by atoms with Gasteiger partial charge in [-0.3, -0.25) is 0 Å². The molecule has 20 heavy (non-hydrogen) atoms. The first-order chi connectivity index (χ1) is 9.29. The molecule has 0 saturated heterocycles. The number of halogens is 1. The standard InChI is InChI=1S/C17H21BrN2/c1-11-9-16(13(18)10-14(11)19)20-15-8-6-5-7-12(15)17(2,3)4/h5-10,20H,19H2,1-4H3. The van der Waals surface area contributed by atoms with Crippen LogP contribution in [-0.4, -0.2) is 0 Å². The van der Waals surface area contributed by atoms with Gasteiger partial charge in [0.1, 0.15) is 0 Å². The summed E-state index contributed by atoms with van der Waals surface area (Å²) in [6.07, 6.45) is 0. The predicted molar refractivity (Wildman–Crippen MR) is 91.7 cm³/mol. The van der Waals surface area contributed by atoms with E-state index in [2.05, 4.69) is 72.3 Å². The second kappa shape index (κ2) is 5.49. The van der Waals surface area contributed by atoms with Gasteiger partial charge in [0, 0.05) is 15.8 Å². The SMILES string of the molecule is Cc1cc(Nc2ccccc2C(C)(C)C)c(Br)cc1N. The molecule has 0 bridgehead atoms. The number of anilines is 3. The maximum atomic E-state index is 5.92. The summed E-state index contributed by atoms with van der Waals surface area (Å²) >= 11 is 3.57. The van der Waals surface area contributed by atoms with Crippen molar-refractivity contribution in [3.05, 3.63) is 52.0 Å². The second-order valence-electron chi connectivity index (χ2n) is 6.11. The molecule has 0 aromatic heterocycles. The van der Waals surface area contributed by atoms with Gasteiger partial charge in [0.05, 0.1) is 5.69 Å². The monoisotopic (exact) mass is 332 g/mol. The molecule has 0 radical (unpaired) electrons. The summed E-state index contributed by atoms with van der Waals surface area (Å²) in [6.45, 7) is 8.67. The van der Waals surface area contributed by atoms with Crippen LogP contribution in [0.5, 0.6) is 0 Å². The van der Waals surface area contributed by atoms with Gasteiger partial charge in [-0.05, 0) is 57.6 Å². The van der Waals surface area contributed by atoms with Crippen LogP contribution < -0.4 is 11.1 Å². The number of hydrogen-bond donors (Lipinski definition) is 2. The quantitative estimate of drug-likeness (QED) is 0.724. The van der Waals surface area contributed by atoms with Crippen molar-refractivity contribution in [3.63, 3.8) is 0 Å². The van der Waals surface area contributed by atoms with Gasteiger partial charge in [-0.2, -0.15) is 0 Å². The number of nitrogen functional groups attached to an aromatic ring is 1. The van der Waals surface area contributed by atoms with Crippen molar-refractivity contribution in [2.75, 3.05) is 11.1 Å². The molecule has 0 amide bonds. The van der Waals surface area contributed by atoms with Crippen LogP contribution >= 0.6 is 15.9 Å². The summed E-state index contributed by atoms with van der Waals surface area (Å²) in [6, 6.07) is 12.4. The first-order valence-electron chi connectivity index (χ1n) is 6.71. The van der Waals surface area contributed by atoms with Crippen LogP contribution in [0, 0.1) is 6.92 Å². The van der Waals surface area contributed by atoms with Gasteiger partial charge in [0.2, 0.25) is 0 Å². The van der Waals surface area contributed by atoms with Crippen molar-refractivity contribution in [1.29, 1.82) is 0 Å². The van der Waals surface area contributed by atoms with E-state index in [9.17, 15) is 0 Å². The van der Waals surface area contributed by atoms with Gasteiger partial charge in [0.25, 0.3) is 0 Å². The smallest absolute Gasteiger partial charge is 0.0532 e. The Morgan fingerprint density at radius 2 is 1.70 bits per heavy atom. The molecule has 0 saturated carbocycles. The number of hydrogen-bond acceptors (Lipinski definition) is 2. The highest BCUT2D eigenvalue weighted by Gasteiger charge is 2.18. The third kappa shape index (κ3) is 3.15. The first kappa shape index (κ1) is 14.9. The van der Waals surface area contributed by atoms with Gasteiger partial charge in [-0.25, -0.2) is 0 Å². The fourth-order valence-electron chi connectivity index (χ4n) is 2.18. The topological polar surface area (TPSA) is 38.0 Å². The second-order valence-corrected chi connectivity index (χ2v) is 6.96. The molecule has 2 nitrogen and oxygen atoms in total. The summed E-state index contributed by atoms with van der Waals surface area (Å²) in [7, 11) is 0. The Morgan fingerprint density at radius 3 is 2.35 bits per heavy atom. The van der Waals surface area contributed by atoms with Crippen molar-refractivity contribution >= 4 is 33.0 Å². The molecule has 2 aromatic carbocycles. The zero-order chi connectivity index (χ0) is 14.9. The fourth-order valence-corrected chi connectivity index (χ4v) is 2.64. The summed E-state index contributed by atoms with van der Waals surface area (Å²) in [5, 5.41) is 3.51. The van der Waals surface area contributed by atoms with Crippen LogP contribution in [-0.2, 0) is 5.41 Å². The van der Waals surface area contributed by atoms with Crippen LogP contribution in [0.4, 0.5) is 17.1 Å². The van der Waals surface area contributed by atoms with Gasteiger partial charge in [-0.1, -0.05) is 39.0 Å². The largest absolute Gasteiger partial charge is 0.398 e. The van der Waals surface area contributed by atoms with Crippen molar-refractivity contribution < 1.29 is 0 Å². The molecule has 0 heterocycles. The van der Waals surface area contributed by atoms with E-state index in [0.29, 0.717) is 0 Å². The molecular formula is C17H21BrN2. The van der Waals surface area contributed by atoms with E-state index in [4.69, 9.17) is 5.73 Å². The van der Waals surface area contributed by atoms with Crippen molar-refractivity contribution in [2.45, 2.75) is 33.1 Å². The van der Waals surface area contributed by atoms with E-state index in [0.717, 1.165) is 27.1 Å². The molecule has 0 aliphatic heterocycles. The van der Waals surface area contributed by atoms with Gasteiger partial charge in [-0.15, -0.1) is 0 Å². The molecule has 0 aliphatic rings. The molecule has 0 aliphatic carbocycles. The molecule has 3 heteroatoms. The highest BCUT2D eigenvalue weighted by atomic mass is 79.9. The molecule has 2 aromatic rings. The number of nitrogens with one attached hydrogen (secondary N) is 1. The van der Waals surface area contributed by atoms with E-state index >= 15 is 0 Å². The normalized spacial score (nSPS) is 11.4. The van der Waals surface area contributed by atoms with Gasteiger partial charge in [0.15, 0.2) is 0 Å². The maximum Gasteiger partial charge on any atom is 0.0532 e. The molecule has 0 unspecified atom stereocenters. The Hall–Kier alpha value is -1.48. The molecule has 0 atom stereocenters. The molecule has 3 N–H and O–H groups in total. The Balaban J connectivity index is 2.43. The predicted octanol–water partition coefficient (Wildman–Crippen LogP) is 5.38. The molecule has 0 spiro atoms.